The molecule has 1 N–H and O–H groups in total. The molecule has 0 spiro atoms. The van der Waals surface area contributed by atoms with Crippen LogP contribution in [0.15, 0.2) is 40.3 Å². The first-order valence-corrected chi connectivity index (χ1v) is 7.72. The summed E-state index contributed by atoms with van der Waals surface area (Å²) in [7, 11) is 0. The summed E-state index contributed by atoms with van der Waals surface area (Å²) in [5.74, 6) is 0.566. The van der Waals surface area contributed by atoms with E-state index >= 15 is 0 Å². The van der Waals surface area contributed by atoms with E-state index in [4.69, 9.17) is 0 Å². The van der Waals surface area contributed by atoms with Crippen LogP contribution in [-0.4, -0.2) is 4.98 Å². The van der Waals surface area contributed by atoms with Crippen molar-refractivity contribution in [1.82, 2.24) is 10.3 Å². The van der Waals surface area contributed by atoms with Crippen LogP contribution < -0.4 is 5.32 Å². The average Bonchev–Trinajstić information content (AvgIpc) is 2.82. The summed E-state index contributed by atoms with van der Waals surface area (Å²) in [6.07, 6.45) is 0. The van der Waals surface area contributed by atoms with Gasteiger partial charge in [0.15, 0.2) is 0 Å². The number of hydrogen-bond acceptors (Lipinski definition) is 3. The van der Waals surface area contributed by atoms with Crippen LogP contribution in [0.2, 0.25) is 0 Å². The van der Waals surface area contributed by atoms with Crippen molar-refractivity contribution in [2.45, 2.75) is 26.4 Å². The standard InChI is InChI=1S/C14H17BrN2S/c1-10(2)14(12-6-4-8-18-12)16-9-11-5-3-7-13(15)17-11/h3-8,10,14,16H,9H2,1-2H3. The van der Waals surface area contributed by atoms with Crippen molar-refractivity contribution in [2.75, 3.05) is 0 Å². The van der Waals surface area contributed by atoms with Gasteiger partial charge in [0.25, 0.3) is 0 Å². The van der Waals surface area contributed by atoms with E-state index in [-0.39, 0.29) is 0 Å². The molecule has 0 bridgehead atoms. The molecule has 2 aromatic heterocycles. The summed E-state index contributed by atoms with van der Waals surface area (Å²) in [6.45, 7) is 5.28. The second-order valence-corrected chi connectivity index (χ2v) is 6.36. The highest BCUT2D eigenvalue weighted by Crippen LogP contribution is 2.26. The van der Waals surface area contributed by atoms with Crippen LogP contribution in [0.3, 0.4) is 0 Å². The summed E-state index contributed by atoms with van der Waals surface area (Å²) in [5.41, 5.74) is 1.06. The number of rotatable bonds is 5. The Bertz CT molecular complexity index is 482. The number of hydrogen-bond donors (Lipinski definition) is 1. The van der Waals surface area contributed by atoms with Gasteiger partial charge in [0.05, 0.1) is 5.69 Å². The van der Waals surface area contributed by atoms with Gasteiger partial charge in [-0.2, -0.15) is 0 Å². The number of nitrogens with one attached hydrogen (secondary N) is 1. The predicted octanol–water partition coefficient (Wildman–Crippen LogP) is 4.39. The molecule has 0 aliphatic heterocycles. The largest absolute Gasteiger partial charge is 0.303 e. The minimum Gasteiger partial charge on any atom is -0.303 e. The maximum Gasteiger partial charge on any atom is 0.106 e. The highest BCUT2D eigenvalue weighted by Gasteiger charge is 2.16. The quantitative estimate of drug-likeness (QED) is 0.825. The monoisotopic (exact) mass is 324 g/mol. The molecule has 0 saturated heterocycles. The van der Waals surface area contributed by atoms with E-state index in [1.165, 1.54) is 4.88 Å². The summed E-state index contributed by atoms with van der Waals surface area (Å²) in [6, 6.07) is 10.7. The fourth-order valence-corrected chi connectivity index (χ4v) is 3.25. The number of pyridine rings is 1. The molecular formula is C14H17BrN2S. The van der Waals surface area contributed by atoms with E-state index in [0.717, 1.165) is 16.8 Å². The minimum absolute atomic E-state index is 0.394. The van der Waals surface area contributed by atoms with E-state index in [1.54, 1.807) is 11.3 Å². The minimum atomic E-state index is 0.394. The topological polar surface area (TPSA) is 24.9 Å². The second-order valence-electron chi connectivity index (χ2n) is 4.57. The fraction of sp³-hybridized carbons (Fsp3) is 0.357. The molecule has 1 unspecified atom stereocenters. The van der Waals surface area contributed by atoms with Crippen LogP contribution in [0.1, 0.15) is 30.5 Å². The Kier molecular flexibility index (Phi) is 4.92. The van der Waals surface area contributed by atoms with Crippen molar-refractivity contribution in [2.24, 2.45) is 5.92 Å². The predicted molar refractivity (Wildman–Crippen MR) is 80.7 cm³/mol. The summed E-state index contributed by atoms with van der Waals surface area (Å²) < 4.78 is 0.888. The van der Waals surface area contributed by atoms with Crippen molar-refractivity contribution in [3.8, 4) is 0 Å². The van der Waals surface area contributed by atoms with Crippen molar-refractivity contribution >= 4 is 27.3 Å². The van der Waals surface area contributed by atoms with Gasteiger partial charge in [0, 0.05) is 17.5 Å². The molecule has 0 radical (unpaired) electrons. The van der Waals surface area contributed by atoms with Crippen LogP contribution in [0, 0.1) is 5.92 Å². The van der Waals surface area contributed by atoms with Gasteiger partial charge in [0.1, 0.15) is 4.60 Å². The van der Waals surface area contributed by atoms with E-state index < -0.39 is 0 Å². The average molecular weight is 325 g/mol. The third kappa shape index (κ3) is 3.64. The zero-order valence-corrected chi connectivity index (χ0v) is 13.0. The lowest BCUT2D eigenvalue weighted by atomic mass is 10.0. The van der Waals surface area contributed by atoms with Gasteiger partial charge in [0.2, 0.25) is 0 Å². The number of thiophene rings is 1. The SMILES string of the molecule is CC(C)C(NCc1cccc(Br)n1)c1cccs1. The molecule has 0 fully saturated rings. The molecule has 0 saturated carbocycles. The van der Waals surface area contributed by atoms with Crippen molar-refractivity contribution in [3.63, 3.8) is 0 Å². The molecule has 4 heteroatoms. The Hall–Kier alpha value is -0.710. The Balaban J connectivity index is 2.03. The molecule has 0 amide bonds. The smallest absolute Gasteiger partial charge is 0.106 e. The number of halogens is 1. The Morgan fingerprint density at radius 1 is 1.28 bits per heavy atom. The first-order chi connectivity index (χ1) is 8.66. The van der Waals surface area contributed by atoms with Gasteiger partial charge in [-0.3, -0.25) is 0 Å². The molecule has 0 aliphatic carbocycles. The zero-order valence-electron chi connectivity index (χ0n) is 10.6. The first kappa shape index (κ1) is 13.7. The fourth-order valence-electron chi connectivity index (χ4n) is 1.90. The highest BCUT2D eigenvalue weighted by atomic mass is 79.9. The lowest BCUT2D eigenvalue weighted by molar-refractivity contribution is 0.414. The summed E-state index contributed by atoms with van der Waals surface area (Å²) in [4.78, 5) is 5.83. The third-order valence-electron chi connectivity index (χ3n) is 2.79. The summed E-state index contributed by atoms with van der Waals surface area (Å²) >= 11 is 5.21. The lowest BCUT2D eigenvalue weighted by Crippen LogP contribution is -2.25. The van der Waals surface area contributed by atoms with Gasteiger partial charge in [-0.1, -0.05) is 26.0 Å². The molecule has 2 nitrogen and oxygen atoms in total. The van der Waals surface area contributed by atoms with Gasteiger partial charge in [-0.15, -0.1) is 11.3 Å². The third-order valence-corrected chi connectivity index (χ3v) is 4.19. The van der Waals surface area contributed by atoms with Gasteiger partial charge in [-0.25, -0.2) is 4.98 Å². The van der Waals surface area contributed by atoms with E-state index in [2.05, 4.69) is 57.6 Å². The Labute approximate surface area is 121 Å². The molecule has 0 aliphatic rings. The maximum absolute atomic E-state index is 4.44. The van der Waals surface area contributed by atoms with Crippen LogP contribution in [0.5, 0.6) is 0 Å². The number of aromatic nitrogens is 1. The van der Waals surface area contributed by atoms with Gasteiger partial charge in [-0.05, 0) is 45.4 Å². The lowest BCUT2D eigenvalue weighted by Gasteiger charge is -2.21. The molecule has 2 aromatic rings. The molecule has 96 valence electrons. The van der Waals surface area contributed by atoms with Gasteiger partial charge >= 0.3 is 0 Å². The molecular weight excluding hydrogens is 308 g/mol. The molecule has 18 heavy (non-hydrogen) atoms. The van der Waals surface area contributed by atoms with Crippen LogP contribution in [0.4, 0.5) is 0 Å². The summed E-state index contributed by atoms with van der Waals surface area (Å²) in [5, 5.41) is 5.72. The highest BCUT2D eigenvalue weighted by molar-refractivity contribution is 9.10. The number of nitrogens with zero attached hydrogens (tertiary/aromatic N) is 1. The van der Waals surface area contributed by atoms with Crippen molar-refractivity contribution in [1.29, 1.82) is 0 Å². The van der Waals surface area contributed by atoms with Crippen LogP contribution in [0.25, 0.3) is 0 Å². The molecule has 2 heterocycles. The van der Waals surface area contributed by atoms with E-state index in [1.807, 2.05) is 18.2 Å². The zero-order chi connectivity index (χ0) is 13.0. The Morgan fingerprint density at radius 2 is 2.11 bits per heavy atom. The maximum atomic E-state index is 4.44. The van der Waals surface area contributed by atoms with Gasteiger partial charge < -0.3 is 5.32 Å². The Morgan fingerprint density at radius 3 is 2.72 bits per heavy atom. The van der Waals surface area contributed by atoms with E-state index in [9.17, 15) is 0 Å². The first-order valence-electron chi connectivity index (χ1n) is 6.05. The molecule has 0 aromatic carbocycles. The van der Waals surface area contributed by atoms with Crippen LogP contribution in [-0.2, 0) is 6.54 Å². The second kappa shape index (κ2) is 6.45. The van der Waals surface area contributed by atoms with Crippen molar-refractivity contribution in [3.05, 3.63) is 50.9 Å². The molecule has 2 rings (SSSR count). The van der Waals surface area contributed by atoms with E-state index in [0.29, 0.717) is 12.0 Å². The van der Waals surface area contributed by atoms with Crippen LogP contribution >= 0.6 is 27.3 Å². The molecule has 1 atom stereocenters. The van der Waals surface area contributed by atoms with Crippen molar-refractivity contribution < 1.29 is 0 Å². The normalized spacial score (nSPS) is 12.9.